The molecule has 9 heteroatoms. The summed E-state index contributed by atoms with van der Waals surface area (Å²) < 4.78 is 29.4. The number of primary amides is 1. The van der Waals surface area contributed by atoms with Gasteiger partial charge in [-0.1, -0.05) is 29.8 Å². The molecule has 3 rings (SSSR count). The number of aryl methyl sites for hydroxylation is 2. The highest BCUT2D eigenvalue weighted by atomic mass is 35.5. The molecule has 2 aromatic rings. The Morgan fingerprint density at radius 1 is 1.36 bits per heavy atom. The van der Waals surface area contributed by atoms with Gasteiger partial charge in [0.2, 0.25) is 5.91 Å². The van der Waals surface area contributed by atoms with Crippen molar-refractivity contribution in [2.24, 2.45) is 12.8 Å². The molecule has 0 radical (unpaired) electrons. The largest absolute Gasteiger partial charge is 0.369 e. The molecule has 25 heavy (non-hydrogen) atoms. The number of anilines is 1. The summed E-state index contributed by atoms with van der Waals surface area (Å²) in [5, 5.41) is 4.16. The summed E-state index contributed by atoms with van der Waals surface area (Å²) in [7, 11) is -2.36. The van der Waals surface area contributed by atoms with E-state index in [1.54, 1.807) is 45.2 Å². The first kappa shape index (κ1) is 17.8. The molecule has 0 bridgehead atoms. The Morgan fingerprint density at radius 3 is 2.56 bits per heavy atom. The normalized spacial score (nSPS) is 20.4. The number of carbonyl (C=O) groups excluding carboxylic acids is 1. The first-order valence-corrected chi connectivity index (χ1v) is 9.59. The van der Waals surface area contributed by atoms with E-state index < -0.39 is 27.9 Å². The zero-order valence-corrected chi connectivity index (χ0v) is 15.7. The number of nitrogens with two attached hydrogens (primary N) is 1. The number of halogens is 1. The summed E-state index contributed by atoms with van der Waals surface area (Å²) in [5.74, 6) is -0.991. The van der Waals surface area contributed by atoms with E-state index in [1.807, 2.05) is 0 Å². The molecule has 0 saturated heterocycles. The highest BCUT2D eigenvalue weighted by Gasteiger charge is 2.41. The molecule has 1 aromatic heterocycles. The second kappa shape index (κ2) is 6.03. The Hall–Kier alpha value is -2.06. The summed E-state index contributed by atoms with van der Waals surface area (Å²) in [5.41, 5.74) is 6.90. The predicted molar refractivity (Wildman–Crippen MR) is 95.1 cm³/mol. The van der Waals surface area contributed by atoms with Crippen LogP contribution in [0.2, 0.25) is 5.15 Å². The van der Waals surface area contributed by atoms with Crippen LogP contribution in [0, 0.1) is 6.92 Å². The predicted octanol–water partition coefficient (Wildman–Crippen LogP) is 1.94. The van der Waals surface area contributed by atoms with Crippen molar-refractivity contribution >= 4 is 33.2 Å². The molecule has 0 aliphatic carbocycles. The van der Waals surface area contributed by atoms with Crippen molar-refractivity contribution in [3.05, 3.63) is 40.7 Å². The maximum absolute atomic E-state index is 13.4. The molecule has 2 unspecified atom stereocenters. The molecule has 2 N–H and O–H groups in total. The number of carbonyl (C=O) groups is 1. The van der Waals surface area contributed by atoms with Gasteiger partial charge in [-0.15, -0.1) is 0 Å². The van der Waals surface area contributed by atoms with Crippen LogP contribution in [0.5, 0.6) is 0 Å². The number of benzene rings is 1. The van der Waals surface area contributed by atoms with Gasteiger partial charge in [0.15, 0.2) is 0 Å². The van der Waals surface area contributed by atoms with Gasteiger partial charge in [-0.3, -0.25) is 13.8 Å². The van der Waals surface area contributed by atoms with Crippen LogP contribution < -0.4 is 10.0 Å². The fourth-order valence-corrected chi connectivity index (χ4v) is 5.83. The fraction of sp³-hybridized carbons (Fsp3) is 0.375. The number of rotatable bonds is 3. The molecule has 0 spiro atoms. The second-order valence-electron chi connectivity index (χ2n) is 6.23. The van der Waals surface area contributed by atoms with E-state index in [4.69, 9.17) is 17.3 Å². The number of aromatic nitrogens is 2. The lowest BCUT2D eigenvalue weighted by molar-refractivity contribution is -0.119. The summed E-state index contributed by atoms with van der Waals surface area (Å²) in [6.07, 6.45) is 0.308. The summed E-state index contributed by atoms with van der Waals surface area (Å²) in [6, 6.07) is 6.45. The zero-order chi connectivity index (χ0) is 18.5. The maximum Gasteiger partial charge on any atom is 0.269 e. The Balaban J connectivity index is 2.22. The summed E-state index contributed by atoms with van der Waals surface area (Å²) >= 11 is 6.19. The zero-order valence-electron chi connectivity index (χ0n) is 14.1. The SMILES string of the molecule is Cc1nn(C)c(Cl)c1S(=O)(=O)N1c2ccccc2C(C(N)=O)CC1C. The lowest BCUT2D eigenvalue weighted by Gasteiger charge is -2.38. The van der Waals surface area contributed by atoms with Crippen molar-refractivity contribution in [3.8, 4) is 0 Å². The van der Waals surface area contributed by atoms with Gasteiger partial charge >= 0.3 is 0 Å². The van der Waals surface area contributed by atoms with E-state index in [0.29, 0.717) is 23.4 Å². The lowest BCUT2D eigenvalue weighted by atomic mass is 9.87. The van der Waals surface area contributed by atoms with Gasteiger partial charge in [-0.2, -0.15) is 5.10 Å². The van der Waals surface area contributed by atoms with Crippen molar-refractivity contribution in [1.29, 1.82) is 0 Å². The molecular formula is C16H19ClN4O3S. The quantitative estimate of drug-likeness (QED) is 0.876. The number of nitrogens with zero attached hydrogens (tertiary/aromatic N) is 3. The maximum atomic E-state index is 13.4. The van der Waals surface area contributed by atoms with Crippen LogP contribution in [0.25, 0.3) is 0 Å². The summed E-state index contributed by atoms with van der Waals surface area (Å²) in [4.78, 5) is 11.8. The summed E-state index contributed by atoms with van der Waals surface area (Å²) in [6.45, 7) is 3.36. The minimum atomic E-state index is -3.95. The van der Waals surface area contributed by atoms with Crippen LogP contribution in [-0.2, 0) is 21.9 Å². The van der Waals surface area contributed by atoms with Gasteiger partial charge in [0.05, 0.1) is 17.3 Å². The third kappa shape index (κ3) is 2.69. The molecule has 0 saturated carbocycles. The van der Waals surface area contributed by atoms with E-state index in [0.717, 1.165) is 0 Å². The third-order valence-electron chi connectivity index (χ3n) is 4.49. The lowest BCUT2D eigenvalue weighted by Crippen LogP contribution is -2.45. The monoisotopic (exact) mass is 382 g/mol. The van der Waals surface area contributed by atoms with Crippen molar-refractivity contribution < 1.29 is 13.2 Å². The van der Waals surface area contributed by atoms with Gasteiger partial charge in [-0.25, -0.2) is 8.42 Å². The smallest absolute Gasteiger partial charge is 0.269 e. The molecule has 1 aliphatic rings. The van der Waals surface area contributed by atoms with E-state index in [2.05, 4.69) is 5.10 Å². The Morgan fingerprint density at radius 2 is 2.00 bits per heavy atom. The molecule has 1 amide bonds. The average molecular weight is 383 g/mol. The number of sulfonamides is 1. The fourth-order valence-electron chi connectivity index (χ4n) is 3.42. The number of amides is 1. The molecule has 134 valence electrons. The molecule has 1 aliphatic heterocycles. The van der Waals surface area contributed by atoms with Gasteiger partial charge < -0.3 is 5.73 Å². The number of hydrogen-bond acceptors (Lipinski definition) is 4. The van der Waals surface area contributed by atoms with E-state index in [-0.39, 0.29) is 10.0 Å². The topological polar surface area (TPSA) is 98.3 Å². The van der Waals surface area contributed by atoms with E-state index in [9.17, 15) is 13.2 Å². The van der Waals surface area contributed by atoms with Crippen molar-refractivity contribution in [2.45, 2.75) is 37.1 Å². The molecule has 7 nitrogen and oxygen atoms in total. The van der Waals surface area contributed by atoms with Crippen LogP contribution in [-0.4, -0.2) is 30.1 Å². The molecule has 0 fully saturated rings. The molecule has 2 atom stereocenters. The highest BCUT2D eigenvalue weighted by molar-refractivity contribution is 7.93. The number of fused-ring (bicyclic) bond motifs is 1. The van der Waals surface area contributed by atoms with E-state index >= 15 is 0 Å². The molecule has 2 heterocycles. The van der Waals surface area contributed by atoms with Crippen molar-refractivity contribution in [2.75, 3.05) is 4.31 Å². The van der Waals surface area contributed by atoms with Crippen LogP contribution in [0.4, 0.5) is 5.69 Å². The Labute approximate surface area is 151 Å². The van der Waals surface area contributed by atoms with Crippen LogP contribution >= 0.6 is 11.6 Å². The van der Waals surface area contributed by atoms with Crippen LogP contribution in [0.1, 0.15) is 30.5 Å². The molecular weight excluding hydrogens is 364 g/mol. The Bertz CT molecular complexity index is 954. The number of para-hydroxylation sites is 1. The van der Waals surface area contributed by atoms with Crippen molar-refractivity contribution in [1.82, 2.24) is 9.78 Å². The number of hydrogen-bond donors (Lipinski definition) is 1. The first-order valence-electron chi connectivity index (χ1n) is 7.78. The first-order chi connectivity index (χ1) is 11.7. The average Bonchev–Trinajstić information content (AvgIpc) is 2.79. The second-order valence-corrected chi connectivity index (χ2v) is 8.34. The van der Waals surface area contributed by atoms with Gasteiger partial charge in [0.25, 0.3) is 10.0 Å². The Kier molecular flexibility index (Phi) is 4.28. The van der Waals surface area contributed by atoms with Gasteiger partial charge in [0, 0.05) is 13.1 Å². The van der Waals surface area contributed by atoms with E-state index in [1.165, 1.54) is 8.99 Å². The molecule has 1 aromatic carbocycles. The van der Waals surface area contributed by atoms with Gasteiger partial charge in [-0.05, 0) is 31.9 Å². The van der Waals surface area contributed by atoms with Crippen LogP contribution in [0.3, 0.4) is 0 Å². The minimum Gasteiger partial charge on any atom is -0.369 e. The third-order valence-corrected chi connectivity index (χ3v) is 7.11. The highest BCUT2D eigenvalue weighted by Crippen LogP contribution is 2.42. The van der Waals surface area contributed by atoms with Crippen molar-refractivity contribution in [3.63, 3.8) is 0 Å². The van der Waals surface area contributed by atoms with Gasteiger partial charge in [0.1, 0.15) is 10.0 Å². The standard InChI is InChI=1S/C16H19ClN4O3S/c1-9-8-12(16(18)22)11-6-4-5-7-13(11)21(9)25(23,24)14-10(2)19-20(3)15(14)17/h4-7,9,12H,8H2,1-3H3,(H2,18,22). The van der Waals surface area contributed by atoms with Crippen LogP contribution in [0.15, 0.2) is 29.2 Å². The minimum absolute atomic E-state index is 0.0177.